The zero-order chi connectivity index (χ0) is 8.85. The lowest BCUT2D eigenvalue weighted by Gasteiger charge is -2.05. The van der Waals surface area contributed by atoms with Crippen molar-refractivity contribution < 1.29 is 4.79 Å². The largest absolute Gasteiger partial charge is 0.369 e. The second-order valence-corrected chi connectivity index (χ2v) is 3.15. The highest BCUT2D eigenvalue weighted by molar-refractivity contribution is 5.76. The molecule has 0 rings (SSSR count). The number of primary amides is 1. The monoisotopic (exact) mass is 155 g/mol. The Morgan fingerprint density at radius 3 is 2.55 bits per heavy atom. The Hall–Kier alpha value is -0.790. The molecule has 1 amide bonds. The predicted molar refractivity (Wildman–Crippen MR) is 47.0 cm³/mol. The summed E-state index contributed by atoms with van der Waals surface area (Å²) in [5, 5.41) is 0. The number of nitrogens with two attached hydrogens (primary N) is 1. The number of carbonyl (C=O) groups is 1. The standard InChI is InChI=1S/C9H17NO/c1-7(2)5-4-6-8(3)9(10)11/h8H,1,4-6H2,2-3H3,(H2,10,11)/t8-/m0/s1. The molecule has 0 spiro atoms. The van der Waals surface area contributed by atoms with E-state index in [0.29, 0.717) is 0 Å². The van der Waals surface area contributed by atoms with Gasteiger partial charge in [-0.1, -0.05) is 12.5 Å². The molecule has 1 atom stereocenters. The van der Waals surface area contributed by atoms with E-state index in [9.17, 15) is 4.79 Å². The lowest BCUT2D eigenvalue weighted by atomic mass is 10.0. The van der Waals surface area contributed by atoms with E-state index in [1.807, 2.05) is 13.8 Å². The predicted octanol–water partition coefficient (Wildman–Crippen LogP) is 1.85. The topological polar surface area (TPSA) is 43.1 Å². The van der Waals surface area contributed by atoms with Gasteiger partial charge >= 0.3 is 0 Å². The molecule has 0 aliphatic carbocycles. The van der Waals surface area contributed by atoms with Gasteiger partial charge in [-0.2, -0.15) is 0 Å². The molecule has 0 aromatic carbocycles. The maximum atomic E-state index is 10.6. The molecular weight excluding hydrogens is 138 g/mol. The van der Waals surface area contributed by atoms with Crippen molar-refractivity contribution in [2.75, 3.05) is 0 Å². The fraction of sp³-hybridized carbons (Fsp3) is 0.667. The van der Waals surface area contributed by atoms with Crippen LogP contribution in [0.3, 0.4) is 0 Å². The minimum atomic E-state index is -0.202. The Kier molecular flexibility index (Phi) is 4.59. The third-order valence-corrected chi connectivity index (χ3v) is 1.73. The van der Waals surface area contributed by atoms with Crippen LogP contribution in [0.1, 0.15) is 33.1 Å². The minimum Gasteiger partial charge on any atom is -0.369 e. The summed E-state index contributed by atoms with van der Waals surface area (Å²) in [6, 6.07) is 0. The summed E-state index contributed by atoms with van der Waals surface area (Å²) >= 11 is 0. The molecule has 0 fully saturated rings. The third kappa shape index (κ3) is 5.64. The maximum Gasteiger partial charge on any atom is 0.220 e. The van der Waals surface area contributed by atoms with Gasteiger partial charge in [-0.3, -0.25) is 4.79 Å². The number of hydrogen-bond donors (Lipinski definition) is 1. The Morgan fingerprint density at radius 1 is 1.64 bits per heavy atom. The first-order valence-electron chi connectivity index (χ1n) is 3.97. The van der Waals surface area contributed by atoms with Gasteiger partial charge in [-0.25, -0.2) is 0 Å². The molecule has 0 aromatic rings. The van der Waals surface area contributed by atoms with Crippen molar-refractivity contribution in [1.29, 1.82) is 0 Å². The number of hydrogen-bond acceptors (Lipinski definition) is 1. The van der Waals surface area contributed by atoms with Crippen molar-refractivity contribution in [3.63, 3.8) is 0 Å². The highest BCUT2D eigenvalue weighted by Gasteiger charge is 2.06. The summed E-state index contributed by atoms with van der Waals surface area (Å²) in [6.45, 7) is 7.64. The van der Waals surface area contributed by atoms with Crippen LogP contribution in [-0.4, -0.2) is 5.91 Å². The molecule has 2 nitrogen and oxygen atoms in total. The van der Waals surface area contributed by atoms with Crippen molar-refractivity contribution in [2.24, 2.45) is 11.7 Å². The van der Waals surface area contributed by atoms with Gasteiger partial charge in [0.15, 0.2) is 0 Å². The summed E-state index contributed by atoms with van der Waals surface area (Å²) in [7, 11) is 0. The Labute approximate surface area is 68.5 Å². The van der Waals surface area contributed by atoms with Gasteiger partial charge in [0.1, 0.15) is 0 Å². The van der Waals surface area contributed by atoms with E-state index in [-0.39, 0.29) is 11.8 Å². The number of carbonyl (C=O) groups excluding carboxylic acids is 1. The molecule has 0 bridgehead atoms. The van der Waals surface area contributed by atoms with Gasteiger partial charge in [0.05, 0.1) is 0 Å². The van der Waals surface area contributed by atoms with Crippen molar-refractivity contribution in [1.82, 2.24) is 0 Å². The molecule has 0 aromatic heterocycles. The van der Waals surface area contributed by atoms with Gasteiger partial charge in [-0.15, -0.1) is 6.58 Å². The smallest absolute Gasteiger partial charge is 0.220 e. The summed E-state index contributed by atoms with van der Waals surface area (Å²) in [4.78, 5) is 10.6. The average molecular weight is 155 g/mol. The van der Waals surface area contributed by atoms with Crippen LogP contribution in [0.15, 0.2) is 12.2 Å². The lowest BCUT2D eigenvalue weighted by Crippen LogP contribution is -2.20. The molecule has 0 saturated carbocycles. The third-order valence-electron chi connectivity index (χ3n) is 1.73. The molecule has 2 N–H and O–H groups in total. The van der Waals surface area contributed by atoms with Gasteiger partial charge in [0.25, 0.3) is 0 Å². The van der Waals surface area contributed by atoms with Crippen LogP contribution < -0.4 is 5.73 Å². The molecule has 0 heterocycles. The molecule has 0 aliphatic heterocycles. The van der Waals surface area contributed by atoms with Gasteiger partial charge in [0.2, 0.25) is 5.91 Å². The molecule has 64 valence electrons. The normalized spacial score (nSPS) is 12.5. The van der Waals surface area contributed by atoms with Crippen LogP contribution in [0.25, 0.3) is 0 Å². The van der Waals surface area contributed by atoms with Crippen LogP contribution in [-0.2, 0) is 4.79 Å². The van der Waals surface area contributed by atoms with E-state index in [1.165, 1.54) is 5.57 Å². The van der Waals surface area contributed by atoms with Crippen LogP contribution in [0.5, 0.6) is 0 Å². The fourth-order valence-electron chi connectivity index (χ4n) is 0.852. The molecule has 0 aliphatic rings. The number of rotatable bonds is 5. The summed E-state index contributed by atoms with van der Waals surface area (Å²) < 4.78 is 0. The zero-order valence-electron chi connectivity index (χ0n) is 7.39. The first kappa shape index (κ1) is 10.2. The summed E-state index contributed by atoms with van der Waals surface area (Å²) in [5.41, 5.74) is 6.26. The van der Waals surface area contributed by atoms with E-state index in [2.05, 4.69) is 6.58 Å². The van der Waals surface area contributed by atoms with E-state index in [4.69, 9.17) is 5.73 Å². The fourth-order valence-corrected chi connectivity index (χ4v) is 0.852. The Bertz CT molecular complexity index is 152. The first-order valence-corrected chi connectivity index (χ1v) is 3.97. The van der Waals surface area contributed by atoms with Crippen LogP contribution in [0, 0.1) is 5.92 Å². The quantitative estimate of drug-likeness (QED) is 0.605. The molecule has 11 heavy (non-hydrogen) atoms. The van der Waals surface area contributed by atoms with Crippen molar-refractivity contribution in [2.45, 2.75) is 33.1 Å². The van der Waals surface area contributed by atoms with E-state index >= 15 is 0 Å². The van der Waals surface area contributed by atoms with Gasteiger partial charge in [0, 0.05) is 5.92 Å². The first-order chi connectivity index (χ1) is 5.04. The molecule has 0 unspecified atom stereocenters. The Balaban J connectivity index is 3.39. The number of allylic oxidation sites excluding steroid dienone is 1. The maximum absolute atomic E-state index is 10.6. The van der Waals surface area contributed by atoms with E-state index < -0.39 is 0 Å². The number of amides is 1. The highest BCUT2D eigenvalue weighted by Crippen LogP contribution is 2.10. The highest BCUT2D eigenvalue weighted by atomic mass is 16.1. The van der Waals surface area contributed by atoms with Crippen molar-refractivity contribution in [3.8, 4) is 0 Å². The molecule has 2 heteroatoms. The van der Waals surface area contributed by atoms with Crippen LogP contribution in [0.2, 0.25) is 0 Å². The second-order valence-electron chi connectivity index (χ2n) is 3.15. The van der Waals surface area contributed by atoms with Crippen molar-refractivity contribution in [3.05, 3.63) is 12.2 Å². The molecule has 0 radical (unpaired) electrons. The molecule has 0 saturated heterocycles. The minimum absolute atomic E-state index is 0.00866. The SMILES string of the molecule is C=C(C)CCC[C@H](C)C(N)=O. The zero-order valence-corrected chi connectivity index (χ0v) is 7.39. The second kappa shape index (κ2) is 4.94. The van der Waals surface area contributed by atoms with Gasteiger partial charge in [-0.05, 0) is 26.2 Å². The van der Waals surface area contributed by atoms with E-state index in [1.54, 1.807) is 0 Å². The van der Waals surface area contributed by atoms with Crippen LogP contribution >= 0.6 is 0 Å². The lowest BCUT2D eigenvalue weighted by molar-refractivity contribution is -0.121. The van der Waals surface area contributed by atoms with E-state index in [0.717, 1.165) is 19.3 Å². The van der Waals surface area contributed by atoms with Crippen LogP contribution in [0.4, 0.5) is 0 Å². The van der Waals surface area contributed by atoms with Gasteiger partial charge < -0.3 is 5.73 Å². The average Bonchev–Trinajstić information content (AvgIpc) is 1.86. The summed E-state index contributed by atoms with van der Waals surface area (Å²) in [6.07, 6.45) is 2.89. The van der Waals surface area contributed by atoms with Crippen molar-refractivity contribution >= 4 is 5.91 Å². The molecular formula is C9H17NO. The summed E-state index contributed by atoms with van der Waals surface area (Å²) in [5.74, 6) is -0.193. The Morgan fingerprint density at radius 2 is 2.18 bits per heavy atom.